The molecule has 1 atom stereocenters. The van der Waals surface area contributed by atoms with Crippen LogP contribution < -0.4 is 10.2 Å². The van der Waals surface area contributed by atoms with Crippen molar-refractivity contribution in [3.63, 3.8) is 0 Å². The van der Waals surface area contributed by atoms with Crippen molar-refractivity contribution >= 4 is 41.5 Å². The van der Waals surface area contributed by atoms with Gasteiger partial charge in [0.25, 0.3) is 0 Å². The van der Waals surface area contributed by atoms with Gasteiger partial charge in [-0.2, -0.15) is 0 Å². The minimum absolute atomic E-state index is 0.316. The molecule has 0 saturated carbocycles. The van der Waals surface area contributed by atoms with E-state index in [0.717, 1.165) is 6.41 Å². The topological polar surface area (TPSA) is 105 Å². The van der Waals surface area contributed by atoms with Gasteiger partial charge in [-0.25, -0.2) is 9.97 Å². The number of nitrogens with one attached hydrogen (secondary N) is 2. The van der Waals surface area contributed by atoms with Crippen LogP contribution in [0.15, 0.2) is 30.5 Å². The van der Waals surface area contributed by atoms with Crippen LogP contribution >= 0.6 is 11.6 Å². The molecular formula is C17H19ClN6O2. The highest BCUT2D eigenvalue weighted by atomic mass is 35.5. The van der Waals surface area contributed by atoms with Gasteiger partial charge in [0.15, 0.2) is 0 Å². The Morgan fingerprint density at radius 3 is 2.96 bits per heavy atom. The summed E-state index contributed by atoms with van der Waals surface area (Å²) in [5.74, 6) is 1.28. The smallest absolute Gasteiger partial charge is 0.209 e. The molecule has 1 unspecified atom stereocenters. The third-order valence-corrected chi connectivity index (χ3v) is 4.27. The largest absolute Gasteiger partial charge is 0.389 e. The number of rotatable bonds is 5. The number of hydrogen-bond donors (Lipinski definition) is 3. The maximum Gasteiger partial charge on any atom is 0.209 e. The van der Waals surface area contributed by atoms with Gasteiger partial charge in [0.1, 0.15) is 16.8 Å². The Bertz CT molecular complexity index is 803. The molecule has 0 aromatic carbocycles. The first-order valence-corrected chi connectivity index (χ1v) is 8.49. The van der Waals surface area contributed by atoms with Gasteiger partial charge in [0, 0.05) is 44.2 Å². The Hall–Kier alpha value is -2.71. The second-order valence-corrected chi connectivity index (χ2v) is 6.33. The van der Waals surface area contributed by atoms with Crippen molar-refractivity contribution in [1.29, 1.82) is 5.41 Å². The SMILES string of the molecule is N=Cc1cnc(Cl)cc1Nc1cccc(N2CCN(C=O)CC(O)C2)n1. The van der Waals surface area contributed by atoms with Crippen molar-refractivity contribution < 1.29 is 9.90 Å². The predicted molar refractivity (Wildman–Crippen MR) is 101 cm³/mol. The Labute approximate surface area is 155 Å². The summed E-state index contributed by atoms with van der Waals surface area (Å²) < 4.78 is 0. The van der Waals surface area contributed by atoms with E-state index in [4.69, 9.17) is 17.0 Å². The number of anilines is 3. The monoisotopic (exact) mass is 374 g/mol. The maximum atomic E-state index is 11.0. The van der Waals surface area contributed by atoms with E-state index in [-0.39, 0.29) is 0 Å². The fourth-order valence-electron chi connectivity index (χ4n) is 2.79. The minimum atomic E-state index is -0.635. The van der Waals surface area contributed by atoms with Crippen LogP contribution in [0.2, 0.25) is 5.15 Å². The lowest BCUT2D eigenvalue weighted by Crippen LogP contribution is -2.33. The first kappa shape index (κ1) is 18.1. The number of amides is 1. The lowest BCUT2D eigenvalue weighted by Gasteiger charge is -2.23. The highest BCUT2D eigenvalue weighted by Crippen LogP contribution is 2.23. The van der Waals surface area contributed by atoms with Crippen molar-refractivity contribution in [1.82, 2.24) is 14.9 Å². The van der Waals surface area contributed by atoms with Crippen LogP contribution in [0.25, 0.3) is 0 Å². The minimum Gasteiger partial charge on any atom is -0.389 e. The molecule has 3 rings (SSSR count). The van der Waals surface area contributed by atoms with Crippen LogP contribution in [0.3, 0.4) is 0 Å². The molecule has 1 amide bonds. The molecule has 3 heterocycles. The van der Waals surface area contributed by atoms with Crippen LogP contribution in [0.1, 0.15) is 5.56 Å². The molecule has 1 aliphatic rings. The number of hydrogen-bond acceptors (Lipinski definition) is 7. The Morgan fingerprint density at radius 2 is 2.19 bits per heavy atom. The molecule has 2 aromatic rings. The van der Waals surface area contributed by atoms with Crippen molar-refractivity contribution in [3.8, 4) is 0 Å². The number of aliphatic hydroxyl groups excluding tert-OH is 1. The fourth-order valence-corrected chi connectivity index (χ4v) is 2.95. The summed E-state index contributed by atoms with van der Waals surface area (Å²) in [7, 11) is 0. The summed E-state index contributed by atoms with van der Waals surface area (Å²) in [5.41, 5.74) is 1.22. The second-order valence-electron chi connectivity index (χ2n) is 5.94. The molecule has 1 aliphatic heterocycles. The highest BCUT2D eigenvalue weighted by Gasteiger charge is 2.21. The lowest BCUT2D eigenvalue weighted by atomic mass is 10.2. The number of halogens is 1. The lowest BCUT2D eigenvalue weighted by molar-refractivity contribution is -0.118. The van der Waals surface area contributed by atoms with Gasteiger partial charge in [0.2, 0.25) is 6.41 Å². The van der Waals surface area contributed by atoms with Crippen LogP contribution in [0.4, 0.5) is 17.3 Å². The van der Waals surface area contributed by atoms with Gasteiger partial charge >= 0.3 is 0 Å². The second kappa shape index (κ2) is 8.11. The van der Waals surface area contributed by atoms with Crippen LogP contribution in [-0.2, 0) is 4.79 Å². The average Bonchev–Trinajstić information content (AvgIpc) is 2.83. The molecular weight excluding hydrogens is 356 g/mol. The van der Waals surface area contributed by atoms with Gasteiger partial charge in [-0.15, -0.1) is 0 Å². The number of aromatic nitrogens is 2. The van der Waals surface area contributed by atoms with Gasteiger partial charge in [-0.05, 0) is 18.2 Å². The fraction of sp³-hybridized carbons (Fsp3) is 0.294. The van der Waals surface area contributed by atoms with E-state index in [9.17, 15) is 9.90 Å². The standard InChI is InChI=1S/C17H19ClN6O2/c18-15-6-14(12(7-19)8-20-15)21-16-2-1-3-17(22-16)24-5-4-23(11-25)9-13(26)10-24/h1-3,6-8,11,13,19,26H,4-5,9-10H2,(H,20,21,22). The van der Waals surface area contributed by atoms with E-state index in [1.165, 1.54) is 12.4 Å². The molecule has 2 aromatic heterocycles. The molecule has 0 radical (unpaired) electrons. The van der Waals surface area contributed by atoms with E-state index in [0.29, 0.717) is 54.2 Å². The molecule has 0 spiro atoms. The number of nitrogens with zero attached hydrogens (tertiary/aromatic N) is 4. The van der Waals surface area contributed by atoms with Crippen LogP contribution in [0, 0.1) is 5.41 Å². The van der Waals surface area contributed by atoms with Crippen molar-refractivity contribution in [2.45, 2.75) is 6.10 Å². The Kier molecular flexibility index (Phi) is 5.65. The number of carbonyl (C=O) groups is 1. The van der Waals surface area contributed by atoms with Crippen molar-refractivity contribution in [2.24, 2.45) is 0 Å². The number of β-amino-alcohol motifs (C(OH)–C–C–N with tert-alkyl or cyclic N) is 1. The normalized spacial score (nSPS) is 17.5. The molecule has 0 aliphatic carbocycles. The van der Waals surface area contributed by atoms with E-state index in [1.54, 1.807) is 17.0 Å². The van der Waals surface area contributed by atoms with Gasteiger partial charge < -0.3 is 25.6 Å². The first-order valence-electron chi connectivity index (χ1n) is 8.11. The van der Waals surface area contributed by atoms with E-state index >= 15 is 0 Å². The summed E-state index contributed by atoms with van der Waals surface area (Å²) in [4.78, 5) is 23.0. The molecule has 3 N–H and O–H groups in total. The summed E-state index contributed by atoms with van der Waals surface area (Å²) in [6, 6.07) is 7.14. The molecule has 9 heteroatoms. The molecule has 0 bridgehead atoms. The summed E-state index contributed by atoms with van der Waals surface area (Å²) in [6.45, 7) is 1.82. The molecule has 1 saturated heterocycles. The van der Waals surface area contributed by atoms with Crippen molar-refractivity contribution in [3.05, 3.63) is 41.2 Å². The highest BCUT2D eigenvalue weighted by molar-refractivity contribution is 6.29. The quantitative estimate of drug-likeness (QED) is 0.416. The van der Waals surface area contributed by atoms with E-state index < -0.39 is 6.10 Å². The third kappa shape index (κ3) is 4.27. The van der Waals surface area contributed by atoms with Crippen LogP contribution in [-0.4, -0.2) is 64.9 Å². The summed E-state index contributed by atoms with van der Waals surface area (Å²) in [6.07, 6.45) is 2.82. The zero-order chi connectivity index (χ0) is 18.5. The summed E-state index contributed by atoms with van der Waals surface area (Å²) in [5, 5.41) is 21.0. The Balaban J connectivity index is 1.81. The molecule has 136 valence electrons. The summed E-state index contributed by atoms with van der Waals surface area (Å²) >= 11 is 5.94. The van der Waals surface area contributed by atoms with Gasteiger partial charge in [-0.3, -0.25) is 4.79 Å². The van der Waals surface area contributed by atoms with Crippen LogP contribution in [0.5, 0.6) is 0 Å². The molecule has 1 fully saturated rings. The van der Waals surface area contributed by atoms with Gasteiger partial charge in [-0.1, -0.05) is 17.7 Å². The number of pyridine rings is 2. The Morgan fingerprint density at radius 1 is 1.35 bits per heavy atom. The van der Waals surface area contributed by atoms with E-state index in [2.05, 4.69) is 15.3 Å². The maximum absolute atomic E-state index is 11.0. The number of carbonyl (C=O) groups excluding carboxylic acids is 1. The van der Waals surface area contributed by atoms with E-state index in [1.807, 2.05) is 17.0 Å². The van der Waals surface area contributed by atoms with Crippen molar-refractivity contribution in [2.75, 3.05) is 36.4 Å². The zero-order valence-corrected chi connectivity index (χ0v) is 14.7. The number of aliphatic hydroxyl groups is 1. The first-order chi connectivity index (χ1) is 12.6. The average molecular weight is 375 g/mol. The van der Waals surface area contributed by atoms with Gasteiger partial charge in [0.05, 0.1) is 11.8 Å². The zero-order valence-electron chi connectivity index (χ0n) is 14.0. The molecule has 26 heavy (non-hydrogen) atoms. The third-order valence-electron chi connectivity index (χ3n) is 4.06. The predicted octanol–water partition coefficient (Wildman–Crippen LogP) is 1.51. The molecule has 8 nitrogen and oxygen atoms in total.